The number of amides is 1. The Balaban J connectivity index is 0.00000225. The molecule has 1 amide bonds. The summed E-state index contributed by atoms with van der Waals surface area (Å²) in [7, 11) is 0. The number of aliphatic hydroxyl groups excluding tert-OH is 1. The number of carbonyl (C=O) groups is 1. The molecule has 1 saturated heterocycles. The summed E-state index contributed by atoms with van der Waals surface area (Å²) < 4.78 is 32.0. The van der Waals surface area contributed by atoms with Crippen molar-refractivity contribution in [3.8, 4) is 5.75 Å². The van der Waals surface area contributed by atoms with E-state index in [4.69, 9.17) is 4.74 Å². The Morgan fingerprint density at radius 2 is 1.92 bits per heavy atom. The molecule has 1 aliphatic heterocycles. The molecule has 0 spiro atoms. The molecular formula is C17H23ClF2N2O3. The molecule has 1 saturated carbocycles. The fraction of sp³-hybridized carbons (Fsp3) is 0.588. The van der Waals surface area contributed by atoms with Gasteiger partial charge in [0.05, 0.1) is 18.7 Å². The van der Waals surface area contributed by atoms with Gasteiger partial charge < -0.3 is 15.2 Å². The van der Waals surface area contributed by atoms with Crippen molar-refractivity contribution in [3.05, 3.63) is 24.3 Å². The molecule has 25 heavy (non-hydrogen) atoms. The number of hydrogen-bond acceptors (Lipinski definition) is 4. The lowest BCUT2D eigenvalue weighted by atomic mass is 9.95. The molecule has 3 atom stereocenters. The number of halogens is 3. The molecule has 5 nitrogen and oxygen atoms in total. The Bertz CT molecular complexity index is 586. The highest BCUT2D eigenvalue weighted by Gasteiger charge is 2.42. The average molecular weight is 377 g/mol. The van der Waals surface area contributed by atoms with Crippen molar-refractivity contribution in [1.82, 2.24) is 5.32 Å². The van der Waals surface area contributed by atoms with Gasteiger partial charge in [-0.3, -0.25) is 10.1 Å². The number of rotatable bonds is 4. The van der Waals surface area contributed by atoms with Crippen molar-refractivity contribution < 1.29 is 23.4 Å². The first kappa shape index (κ1) is 19.9. The maximum atomic E-state index is 13.1. The normalized spacial score (nSPS) is 28.0. The lowest BCUT2D eigenvalue weighted by molar-refractivity contribution is -0.118. The molecule has 3 N–H and O–H groups in total. The number of aliphatic hydroxyl groups is 1. The van der Waals surface area contributed by atoms with Gasteiger partial charge >= 0.3 is 0 Å². The van der Waals surface area contributed by atoms with Crippen LogP contribution in [0.25, 0.3) is 0 Å². The molecule has 1 aromatic rings. The van der Waals surface area contributed by atoms with E-state index < -0.39 is 36.9 Å². The molecule has 3 rings (SSSR count). The first-order valence-electron chi connectivity index (χ1n) is 8.30. The molecule has 8 heteroatoms. The SMILES string of the molecule is Cl.O=C(Nc1ccc(OC2CCCCC2O)cc1)C1CC(F)(F)CN1. The van der Waals surface area contributed by atoms with Crippen LogP contribution in [0.15, 0.2) is 24.3 Å². The maximum Gasteiger partial charge on any atom is 0.262 e. The van der Waals surface area contributed by atoms with E-state index in [1.807, 2.05) is 0 Å². The Morgan fingerprint density at radius 1 is 1.24 bits per heavy atom. The van der Waals surface area contributed by atoms with Gasteiger partial charge in [0.1, 0.15) is 11.9 Å². The molecule has 3 unspecified atom stereocenters. The Kier molecular flexibility index (Phi) is 6.59. The van der Waals surface area contributed by atoms with E-state index in [0.29, 0.717) is 11.4 Å². The first-order chi connectivity index (χ1) is 11.4. The van der Waals surface area contributed by atoms with Crippen LogP contribution >= 0.6 is 12.4 Å². The second-order valence-corrected chi connectivity index (χ2v) is 6.52. The second kappa shape index (κ2) is 8.29. The summed E-state index contributed by atoms with van der Waals surface area (Å²) in [4.78, 5) is 12.0. The fourth-order valence-electron chi connectivity index (χ4n) is 3.14. The lowest BCUT2D eigenvalue weighted by Crippen LogP contribution is -2.35. The molecule has 1 aromatic carbocycles. The van der Waals surface area contributed by atoms with Crippen LogP contribution in [0.5, 0.6) is 5.75 Å². The summed E-state index contributed by atoms with van der Waals surface area (Å²) in [6.45, 7) is -0.471. The maximum absolute atomic E-state index is 13.1. The molecule has 2 aliphatic rings. The summed E-state index contributed by atoms with van der Waals surface area (Å²) in [6.07, 6.45) is 2.48. The highest BCUT2D eigenvalue weighted by Crippen LogP contribution is 2.27. The van der Waals surface area contributed by atoms with Gasteiger partial charge in [0.2, 0.25) is 5.91 Å². The van der Waals surface area contributed by atoms with Crippen molar-refractivity contribution in [2.75, 3.05) is 11.9 Å². The number of carbonyl (C=O) groups excluding carboxylic acids is 1. The van der Waals surface area contributed by atoms with E-state index >= 15 is 0 Å². The van der Waals surface area contributed by atoms with E-state index in [0.717, 1.165) is 25.7 Å². The van der Waals surface area contributed by atoms with E-state index in [1.165, 1.54) is 0 Å². The predicted molar refractivity (Wildman–Crippen MR) is 92.6 cm³/mol. The highest BCUT2D eigenvalue weighted by molar-refractivity contribution is 5.95. The van der Waals surface area contributed by atoms with E-state index in [9.17, 15) is 18.7 Å². The number of alkyl halides is 2. The fourth-order valence-corrected chi connectivity index (χ4v) is 3.14. The topological polar surface area (TPSA) is 70.6 Å². The smallest absolute Gasteiger partial charge is 0.262 e. The standard InChI is InChI=1S/C17H22F2N2O3.ClH/c18-17(19)9-13(20-10-17)16(23)21-11-5-7-12(8-6-11)24-15-4-2-1-3-14(15)22;/h5-8,13-15,20,22H,1-4,9-10H2,(H,21,23);1H. The molecule has 140 valence electrons. The van der Waals surface area contributed by atoms with Gasteiger partial charge in [-0.2, -0.15) is 0 Å². The minimum Gasteiger partial charge on any atom is -0.488 e. The average Bonchev–Trinajstić information content (AvgIpc) is 2.92. The predicted octanol–water partition coefficient (Wildman–Crippen LogP) is 2.73. The van der Waals surface area contributed by atoms with Gasteiger partial charge in [-0.05, 0) is 43.5 Å². The van der Waals surface area contributed by atoms with Crippen LogP contribution < -0.4 is 15.4 Å². The molecule has 2 fully saturated rings. The lowest BCUT2D eigenvalue weighted by Gasteiger charge is -2.28. The van der Waals surface area contributed by atoms with Crippen LogP contribution in [-0.2, 0) is 4.79 Å². The van der Waals surface area contributed by atoms with E-state index in [1.54, 1.807) is 24.3 Å². The third-order valence-electron chi connectivity index (χ3n) is 4.50. The summed E-state index contributed by atoms with van der Waals surface area (Å²) in [6, 6.07) is 5.85. The number of benzene rings is 1. The van der Waals surface area contributed by atoms with Gasteiger partial charge in [0.15, 0.2) is 0 Å². The van der Waals surface area contributed by atoms with Gasteiger partial charge in [-0.15, -0.1) is 12.4 Å². The Hall–Kier alpha value is -1.44. The van der Waals surface area contributed by atoms with Crippen molar-refractivity contribution >= 4 is 24.0 Å². The van der Waals surface area contributed by atoms with Gasteiger partial charge in [-0.25, -0.2) is 8.78 Å². The third kappa shape index (κ3) is 5.26. The van der Waals surface area contributed by atoms with Crippen LogP contribution in [0, 0.1) is 0 Å². The Morgan fingerprint density at radius 3 is 2.52 bits per heavy atom. The quantitative estimate of drug-likeness (QED) is 0.755. The minimum absolute atomic E-state index is 0. The van der Waals surface area contributed by atoms with Crippen molar-refractivity contribution in [2.24, 2.45) is 0 Å². The van der Waals surface area contributed by atoms with Crippen molar-refractivity contribution in [1.29, 1.82) is 0 Å². The summed E-state index contributed by atoms with van der Waals surface area (Å²) in [5.74, 6) is -2.69. The van der Waals surface area contributed by atoms with Crippen LogP contribution in [0.4, 0.5) is 14.5 Å². The number of ether oxygens (including phenoxy) is 1. The van der Waals surface area contributed by atoms with Crippen molar-refractivity contribution in [3.63, 3.8) is 0 Å². The highest BCUT2D eigenvalue weighted by atomic mass is 35.5. The monoisotopic (exact) mass is 376 g/mol. The van der Waals surface area contributed by atoms with Crippen LogP contribution in [0.1, 0.15) is 32.1 Å². The van der Waals surface area contributed by atoms with Gasteiger partial charge in [0.25, 0.3) is 5.92 Å². The largest absolute Gasteiger partial charge is 0.488 e. The van der Waals surface area contributed by atoms with Gasteiger partial charge in [0, 0.05) is 12.1 Å². The molecule has 0 bridgehead atoms. The summed E-state index contributed by atoms with van der Waals surface area (Å²) >= 11 is 0. The van der Waals surface area contributed by atoms with Crippen LogP contribution in [0.2, 0.25) is 0 Å². The molecule has 0 radical (unpaired) electrons. The summed E-state index contributed by atoms with van der Waals surface area (Å²) in [5.41, 5.74) is 0.522. The van der Waals surface area contributed by atoms with Crippen molar-refractivity contribution in [2.45, 2.75) is 56.3 Å². The zero-order valence-corrected chi connectivity index (χ0v) is 14.5. The number of anilines is 1. The second-order valence-electron chi connectivity index (χ2n) is 6.52. The third-order valence-corrected chi connectivity index (χ3v) is 4.50. The van der Waals surface area contributed by atoms with Gasteiger partial charge in [-0.1, -0.05) is 6.42 Å². The molecule has 0 aromatic heterocycles. The first-order valence-corrected chi connectivity index (χ1v) is 8.30. The molecule has 1 heterocycles. The number of hydrogen-bond donors (Lipinski definition) is 3. The molecule has 1 aliphatic carbocycles. The van der Waals surface area contributed by atoms with Crippen LogP contribution in [0.3, 0.4) is 0 Å². The zero-order valence-electron chi connectivity index (χ0n) is 13.7. The van der Waals surface area contributed by atoms with Crippen LogP contribution in [-0.4, -0.2) is 41.7 Å². The Labute approximate surface area is 151 Å². The van der Waals surface area contributed by atoms with E-state index in [2.05, 4.69) is 10.6 Å². The number of nitrogens with one attached hydrogen (secondary N) is 2. The summed E-state index contributed by atoms with van der Waals surface area (Å²) in [5, 5.41) is 15.1. The zero-order chi connectivity index (χ0) is 17.2. The van der Waals surface area contributed by atoms with E-state index in [-0.39, 0.29) is 18.5 Å². The molecular weight excluding hydrogens is 354 g/mol. The minimum atomic E-state index is -2.83.